The van der Waals surface area contributed by atoms with Crippen LogP contribution in [0.3, 0.4) is 0 Å². The smallest absolute Gasteiger partial charge is 0.255 e. The zero-order valence-corrected chi connectivity index (χ0v) is 9.57. The Morgan fingerprint density at radius 2 is 2.18 bits per heavy atom. The molecule has 17 heavy (non-hydrogen) atoms. The molecule has 4 nitrogen and oxygen atoms in total. The van der Waals surface area contributed by atoms with Crippen molar-refractivity contribution in [1.82, 2.24) is 5.32 Å². The van der Waals surface area contributed by atoms with Crippen LogP contribution >= 0.6 is 0 Å². The minimum atomic E-state index is -0.817. The molecule has 0 aromatic heterocycles. The molecule has 0 heterocycles. The molecule has 0 saturated carbocycles. The first-order chi connectivity index (χ1) is 7.95. The lowest BCUT2D eigenvalue weighted by Gasteiger charge is -2.15. The summed E-state index contributed by atoms with van der Waals surface area (Å²) in [5.74, 6) is -1.80. The van der Waals surface area contributed by atoms with Gasteiger partial charge in [-0.2, -0.15) is 5.26 Å². The van der Waals surface area contributed by atoms with Crippen molar-refractivity contribution in [1.29, 1.82) is 5.26 Å². The van der Waals surface area contributed by atoms with E-state index in [4.69, 9.17) is 10.4 Å². The van der Waals surface area contributed by atoms with Gasteiger partial charge in [0.05, 0.1) is 11.6 Å². The molecule has 0 radical (unpaired) electrons. The average molecular weight is 236 g/mol. The van der Waals surface area contributed by atoms with E-state index in [1.807, 2.05) is 6.07 Å². The first kappa shape index (κ1) is 13.0. The van der Waals surface area contributed by atoms with Crippen LogP contribution in [0.25, 0.3) is 0 Å². The zero-order valence-electron chi connectivity index (χ0n) is 9.57. The summed E-state index contributed by atoms with van der Waals surface area (Å²) in [4.78, 5) is 11.7. The van der Waals surface area contributed by atoms with Crippen molar-refractivity contribution in [3.63, 3.8) is 0 Å². The predicted molar refractivity (Wildman–Crippen MR) is 59.8 cm³/mol. The van der Waals surface area contributed by atoms with Gasteiger partial charge in [0.15, 0.2) is 0 Å². The van der Waals surface area contributed by atoms with Crippen LogP contribution in [0.15, 0.2) is 18.2 Å². The zero-order chi connectivity index (χ0) is 13.0. The summed E-state index contributed by atoms with van der Waals surface area (Å²) >= 11 is 0. The number of nitrogens with zero attached hydrogens (tertiary/aromatic N) is 1. The van der Waals surface area contributed by atoms with Gasteiger partial charge in [-0.1, -0.05) is 13.8 Å². The van der Waals surface area contributed by atoms with Crippen molar-refractivity contribution >= 4 is 5.91 Å². The van der Waals surface area contributed by atoms with Crippen LogP contribution < -0.4 is 5.32 Å². The molecule has 0 bridgehead atoms. The SMILES string of the molecule is CC(C)C(C#N)NC(=O)c1ccc(O)cc1F. The Hall–Kier alpha value is -2.09. The second kappa shape index (κ2) is 5.30. The van der Waals surface area contributed by atoms with E-state index in [0.717, 1.165) is 6.07 Å². The first-order valence-corrected chi connectivity index (χ1v) is 5.14. The largest absolute Gasteiger partial charge is 0.508 e. The molecule has 2 N–H and O–H groups in total. The maximum Gasteiger partial charge on any atom is 0.255 e. The molecule has 0 fully saturated rings. The number of phenolic OH excluding ortho intramolecular Hbond substituents is 1. The van der Waals surface area contributed by atoms with Crippen LogP contribution in [0.1, 0.15) is 24.2 Å². The van der Waals surface area contributed by atoms with Crippen molar-refractivity contribution in [2.45, 2.75) is 19.9 Å². The maximum absolute atomic E-state index is 13.4. The number of aromatic hydroxyl groups is 1. The van der Waals surface area contributed by atoms with E-state index in [-0.39, 0.29) is 17.2 Å². The summed E-state index contributed by atoms with van der Waals surface area (Å²) in [5, 5.41) is 20.2. The second-order valence-electron chi connectivity index (χ2n) is 3.99. The van der Waals surface area contributed by atoms with Crippen molar-refractivity contribution < 1.29 is 14.3 Å². The van der Waals surface area contributed by atoms with Crippen LogP contribution in [-0.4, -0.2) is 17.1 Å². The Kier molecular flexibility index (Phi) is 4.05. The van der Waals surface area contributed by atoms with Crippen LogP contribution in [0.5, 0.6) is 5.75 Å². The van der Waals surface area contributed by atoms with E-state index in [9.17, 15) is 9.18 Å². The lowest BCUT2D eigenvalue weighted by molar-refractivity contribution is 0.0933. The van der Waals surface area contributed by atoms with E-state index >= 15 is 0 Å². The fourth-order valence-electron chi connectivity index (χ4n) is 1.26. The van der Waals surface area contributed by atoms with E-state index in [1.54, 1.807) is 13.8 Å². The summed E-state index contributed by atoms with van der Waals surface area (Å²) in [7, 11) is 0. The summed E-state index contributed by atoms with van der Waals surface area (Å²) in [6, 6.07) is 4.50. The van der Waals surface area contributed by atoms with E-state index in [0.29, 0.717) is 0 Å². The highest BCUT2D eigenvalue weighted by atomic mass is 19.1. The van der Waals surface area contributed by atoms with Crippen LogP contribution in [0.4, 0.5) is 4.39 Å². The second-order valence-corrected chi connectivity index (χ2v) is 3.99. The van der Waals surface area contributed by atoms with Gasteiger partial charge in [-0.15, -0.1) is 0 Å². The Bertz CT molecular complexity index is 466. The summed E-state index contributed by atoms with van der Waals surface area (Å²) in [5.41, 5.74) is -0.191. The van der Waals surface area contributed by atoms with Crippen molar-refractivity contribution in [2.24, 2.45) is 5.92 Å². The topological polar surface area (TPSA) is 73.1 Å². The standard InChI is InChI=1S/C12H13FN2O2/c1-7(2)11(6-14)15-12(17)9-4-3-8(16)5-10(9)13/h3-5,7,11,16H,1-2H3,(H,15,17). The Morgan fingerprint density at radius 3 is 2.65 bits per heavy atom. The van der Waals surface area contributed by atoms with Gasteiger partial charge in [-0.05, 0) is 18.1 Å². The molecule has 1 unspecified atom stereocenters. The van der Waals surface area contributed by atoms with Crippen molar-refractivity contribution in [2.75, 3.05) is 0 Å². The summed E-state index contributed by atoms with van der Waals surface area (Å²) < 4.78 is 13.4. The highest BCUT2D eigenvalue weighted by molar-refractivity contribution is 5.95. The summed E-state index contributed by atoms with van der Waals surface area (Å²) in [6.07, 6.45) is 0. The average Bonchev–Trinajstić information content (AvgIpc) is 2.24. The van der Waals surface area contributed by atoms with Crippen LogP contribution in [-0.2, 0) is 0 Å². The molecule has 0 spiro atoms. The summed E-state index contributed by atoms with van der Waals surface area (Å²) in [6.45, 7) is 3.56. The van der Waals surface area contributed by atoms with Crippen molar-refractivity contribution in [3.05, 3.63) is 29.6 Å². The number of phenols is 1. The van der Waals surface area contributed by atoms with Gasteiger partial charge in [-0.25, -0.2) is 4.39 Å². The van der Waals surface area contributed by atoms with Gasteiger partial charge in [0.1, 0.15) is 17.6 Å². The minimum absolute atomic E-state index is 0.0656. The lowest BCUT2D eigenvalue weighted by atomic mass is 10.1. The maximum atomic E-state index is 13.4. The number of amides is 1. The van der Waals surface area contributed by atoms with Crippen molar-refractivity contribution in [3.8, 4) is 11.8 Å². The molecular weight excluding hydrogens is 223 g/mol. The van der Waals surface area contributed by atoms with Gasteiger partial charge in [0.2, 0.25) is 0 Å². The quantitative estimate of drug-likeness (QED) is 0.840. The highest BCUT2D eigenvalue weighted by Gasteiger charge is 2.18. The predicted octanol–water partition coefficient (Wildman–Crippen LogP) is 1.81. The number of hydrogen-bond acceptors (Lipinski definition) is 3. The number of hydrogen-bond donors (Lipinski definition) is 2. The number of benzene rings is 1. The van der Waals surface area contributed by atoms with E-state index < -0.39 is 17.8 Å². The fraction of sp³-hybridized carbons (Fsp3) is 0.333. The van der Waals surface area contributed by atoms with E-state index in [2.05, 4.69) is 5.32 Å². The van der Waals surface area contributed by atoms with Gasteiger partial charge < -0.3 is 10.4 Å². The molecule has 0 aliphatic carbocycles. The molecule has 0 saturated heterocycles. The number of carbonyl (C=O) groups excluding carboxylic acids is 1. The third kappa shape index (κ3) is 3.18. The normalized spacial score (nSPS) is 11.9. The molecule has 90 valence electrons. The fourth-order valence-corrected chi connectivity index (χ4v) is 1.26. The number of halogens is 1. The molecule has 0 aliphatic rings. The third-order valence-corrected chi connectivity index (χ3v) is 2.29. The Balaban J connectivity index is 2.87. The third-order valence-electron chi connectivity index (χ3n) is 2.29. The van der Waals surface area contributed by atoms with Gasteiger partial charge in [0.25, 0.3) is 5.91 Å². The number of nitriles is 1. The van der Waals surface area contributed by atoms with E-state index in [1.165, 1.54) is 12.1 Å². The molecule has 1 amide bonds. The highest BCUT2D eigenvalue weighted by Crippen LogP contribution is 2.15. The number of nitrogens with one attached hydrogen (secondary N) is 1. The minimum Gasteiger partial charge on any atom is -0.508 e. The Labute approximate surface area is 98.7 Å². The van der Waals surface area contributed by atoms with Gasteiger partial charge in [0, 0.05) is 6.07 Å². The molecule has 1 aromatic rings. The molecule has 5 heteroatoms. The lowest BCUT2D eigenvalue weighted by Crippen LogP contribution is -2.37. The number of rotatable bonds is 3. The monoisotopic (exact) mass is 236 g/mol. The molecule has 0 aliphatic heterocycles. The molecule has 1 atom stereocenters. The van der Waals surface area contributed by atoms with Gasteiger partial charge >= 0.3 is 0 Å². The molecule has 1 rings (SSSR count). The molecular formula is C12H13FN2O2. The Morgan fingerprint density at radius 1 is 1.53 bits per heavy atom. The van der Waals surface area contributed by atoms with Crippen LogP contribution in [0, 0.1) is 23.1 Å². The van der Waals surface area contributed by atoms with Crippen LogP contribution in [0.2, 0.25) is 0 Å². The number of carbonyl (C=O) groups is 1. The molecule has 1 aromatic carbocycles. The van der Waals surface area contributed by atoms with Gasteiger partial charge in [-0.3, -0.25) is 4.79 Å². The first-order valence-electron chi connectivity index (χ1n) is 5.14.